The fraction of sp³-hybridized carbons (Fsp3) is 0.0556. The Hall–Kier alpha value is -2.63. The number of anilines is 1. The third kappa shape index (κ3) is 3.43. The molecule has 0 saturated heterocycles. The lowest BCUT2D eigenvalue weighted by Crippen LogP contribution is -2.21. The number of carboxylic acid groups (broad SMARTS) is 1. The summed E-state index contributed by atoms with van der Waals surface area (Å²) >= 11 is 11.7. The molecule has 126 valence electrons. The van der Waals surface area contributed by atoms with Gasteiger partial charge in [0.15, 0.2) is 0 Å². The number of carbonyl (C=O) groups is 2. The van der Waals surface area contributed by atoms with E-state index in [0.717, 1.165) is 5.56 Å². The van der Waals surface area contributed by atoms with Crippen molar-refractivity contribution in [2.45, 2.75) is 6.92 Å². The van der Waals surface area contributed by atoms with E-state index in [1.54, 1.807) is 43.3 Å². The second-order valence-electron chi connectivity index (χ2n) is 5.38. The molecule has 2 aromatic rings. The predicted molar refractivity (Wildman–Crippen MR) is 98.4 cm³/mol. The van der Waals surface area contributed by atoms with Crippen molar-refractivity contribution in [2.75, 3.05) is 5.01 Å². The molecule has 0 aromatic heterocycles. The van der Waals surface area contributed by atoms with Gasteiger partial charge in [0, 0.05) is 5.02 Å². The van der Waals surface area contributed by atoms with E-state index >= 15 is 0 Å². The minimum atomic E-state index is -1.17. The van der Waals surface area contributed by atoms with Crippen LogP contribution in [-0.2, 0) is 4.79 Å². The fourth-order valence-corrected chi connectivity index (χ4v) is 2.72. The van der Waals surface area contributed by atoms with Gasteiger partial charge < -0.3 is 5.11 Å². The van der Waals surface area contributed by atoms with Gasteiger partial charge in [-0.15, -0.1) is 0 Å². The lowest BCUT2D eigenvalue weighted by molar-refractivity contribution is -0.114. The fourth-order valence-electron chi connectivity index (χ4n) is 2.39. The first-order valence-electron chi connectivity index (χ1n) is 7.27. The summed E-state index contributed by atoms with van der Waals surface area (Å²) in [5.74, 6) is -1.51. The SMILES string of the molecule is CC1=NN(c2ccc(Cl)c(C(=O)O)c2)C(=O)/C1=C\c1ccc(Cl)cc1. The van der Waals surface area contributed by atoms with Crippen LogP contribution in [0.15, 0.2) is 53.1 Å². The Morgan fingerprint density at radius 2 is 1.84 bits per heavy atom. The maximum Gasteiger partial charge on any atom is 0.337 e. The van der Waals surface area contributed by atoms with Gasteiger partial charge in [-0.05, 0) is 48.9 Å². The summed E-state index contributed by atoms with van der Waals surface area (Å²) in [6.45, 7) is 1.72. The van der Waals surface area contributed by atoms with Crippen molar-refractivity contribution >= 4 is 52.6 Å². The second kappa shape index (κ2) is 6.70. The number of hydrogen-bond acceptors (Lipinski definition) is 3. The number of hydrogen-bond donors (Lipinski definition) is 1. The molecule has 1 aliphatic rings. The minimum Gasteiger partial charge on any atom is -0.478 e. The Balaban J connectivity index is 1.96. The molecule has 25 heavy (non-hydrogen) atoms. The van der Waals surface area contributed by atoms with Gasteiger partial charge in [0.25, 0.3) is 5.91 Å². The van der Waals surface area contributed by atoms with Crippen LogP contribution in [0.1, 0.15) is 22.8 Å². The summed E-state index contributed by atoms with van der Waals surface area (Å²) < 4.78 is 0. The van der Waals surface area contributed by atoms with Gasteiger partial charge in [-0.25, -0.2) is 4.79 Å². The molecule has 5 nitrogen and oxygen atoms in total. The normalized spacial score (nSPS) is 15.6. The molecule has 0 fully saturated rings. The van der Waals surface area contributed by atoms with E-state index in [0.29, 0.717) is 22.0 Å². The van der Waals surface area contributed by atoms with Gasteiger partial charge in [0.05, 0.1) is 27.6 Å². The number of amides is 1. The van der Waals surface area contributed by atoms with Crippen molar-refractivity contribution in [3.8, 4) is 0 Å². The molecule has 0 saturated carbocycles. The van der Waals surface area contributed by atoms with E-state index in [1.807, 2.05) is 0 Å². The summed E-state index contributed by atoms with van der Waals surface area (Å²) in [5, 5.41) is 15.3. The number of aromatic carboxylic acids is 1. The van der Waals surface area contributed by atoms with Crippen molar-refractivity contribution in [1.29, 1.82) is 0 Å². The highest BCUT2D eigenvalue weighted by molar-refractivity contribution is 6.34. The van der Waals surface area contributed by atoms with Gasteiger partial charge >= 0.3 is 5.97 Å². The molecule has 3 rings (SSSR count). The molecular formula is C18H12Cl2N2O3. The molecule has 0 atom stereocenters. The van der Waals surface area contributed by atoms with Crippen molar-refractivity contribution < 1.29 is 14.7 Å². The molecular weight excluding hydrogens is 363 g/mol. The van der Waals surface area contributed by atoms with E-state index < -0.39 is 5.97 Å². The highest BCUT2D eigenvalue weighted by Crippen LogP contribution is 2.28. The highest BCUT2D eigenvalue weighted by Gasteiger charge is 2.29. The summed E-state index contributed by atoms with van der Waals surface area (Å²) in [6.07, 6.45) is 1.71. The topological polar surface area (TPSA) is 70.0 Å². The third-order valence-electron chi connectivity index (χ3n) is 3.67. The minimum absolute atomic E-state index is 0.0880. The van der Waals surface area contributed by atoms with Crippen molar-refractivity contribution in [3.63, 3.8) is 0 Å². The average Bonchev–Trinajstić information content (AvgIpc) is 2.85. The third-order valence-corrected chi connectivity index (χ3v) is 4.25. The van der Waals surface area contributed by atoms with Crippen LogP contribution < -0.4 is 5.01 Å². The first kappa shape index (κ1) is 17.2. The average molecular weight is 375 g/mol. The van der Waals surface area contributed by atoms with Crippen LogP contribution in [0.2, 0.25) is 10.0 Å². The zero-order chi connectivity index (χ0) is 18.1. The molecule has 1 aliphatic heterocycles. The Kier molecular flexibility index (Phi) is 4.61. The first-order valence-corrected chi connectivity index (χ1v) is 8.02. The monoisotopic (exact) mass is 374 g/mol. The Morgan fingerprint density at radius 3 is 2.48 bits per heavy atom. The smallest absolute Gasteiger partial charge is 0.337 e. The first-order chi connectivity index (χ1) is 11.9. The lowest BCUT2D eigenvalue weighted by atomic mass is 10.1. The van der Waals surface area contributed by atoms with Crippen LogP contribution in [0.5, 0.6) is 0 Å². The molecule has 2 aromatic carbocycles. The van der Waals surface area contributed by atoms with Crippen molar-refractivity contribution in [2.24, 2.45) is 5.10 Å². The second-order valence-corrected chi connectivity index (χ2v) is 6.22. The van der Waals surface area contributed by atoms with Crippen LogP contribution in [0, 0.1) is 0 Å². The molecule has 1 N–H and O–H groups in total. The number of hydrazone groups is 1. The van der Waals surface area contributed by atoms with Gasteiger partial charge in [-0.2, -0.15) is 10.1 Å². The van der Waals surface area contributed by atoms with Gasteiger partial charge in [-0.1, -0.05) is 35.3 Å². The van der Waals surface area contributed by atoms with Crippen LogP contribution >= 0.6 is 23.2 Å². The molecule has 0 bridgehead atoms. The van der Waals surface area contributed by atoms with E-state index in [-0.39, 0.29) is 16.5 Å². The molecule has 0 radical (unpaired) electrons. The number of halogens is 2. The van der Waals surface area contributed by atoms with Crippen LogP contribution in [0.4, 0.5) is 5.69 Å². The molecule has 1 heterocycles. The molecule has 0 unspecified atom stereocenters. The number of carboxylic acids is 1. The number of benzene rings is 2. The zero-order valence-corrected chi connectivity index (χ0v) is 14.5. The molecule has 0 spiro atoms. The van der Waals surface area contributed by atoms with Gasteiger partial charge in [-0.3, -0.25) is 4.79 Å². The van der Waals surface area contributed by atoms with E-state index in [4.69, 9.17) is 23.2 Å². The van der Waals surface area contributed by atoms with Crippen LogP contribution in [0.3, 0.4) is 0 Å². The summed E-state index contributed by atoms with van der Waals surface area (Å²) in [7, 11) is 0. The molecule has 7 heteroatoms. The summed E-state index contributed by atoms with van der Waals surface area (Å²) in [5.41, 5.74) is 2.02. The molecule has 0 aliphatic carbocycles. The van der Waals surface area contributed by atoms with E-state index in [2.05, 4.69) is 5.10 Å². The van der Waals surface area contributed by atoms with Crippen molar-refractivity contribution in [3.05, 3.63) is 69.2 Å². The maximum atomic E-state index is 12.7. The number of rotatable bonds is 3. The van der Waals surface area contributed by atoms with E-state index in [9.17, 15) is 14.7 Å². The van der Waals surface area contributed by atoms with Gasteiger partial charge in [0.1, 0.15) is 0 Å². The van der Waals surface area contributed by atoms with E-state index in [1.165, 1.54) is 17.1 Å². The summed E-state index contributed by atoms with van der Waals surface area (Å²) in [4.78, 5) is 23.9. The number of nitrogens with zero attached hydrogens (tertiary/aromatic N) is 2. The van der Waals surface area contributed by atoms with Crippen LogP contribution in [-0.4, -0.2) is 22.7 Å². The van der Waals surface area contributed by atoms with Crippen molar-refractivity contribution in [1.82, 2.24) is 0 Å². The zero-order valence-electron chi connectivity index (χ0n) is 13.0. The van der Waals surface area contributed by atoms with Gasteiger partial charge in [0.2, 0.25) is 0 Å². The molecule has 1 amide bonds. The largest absolute Gasteiger partial charge is 0.478 e. The number of carbonyl (C=O) groups excluding carboxylic acids is 1. The summed E-state index contributed by atoms with van der Waals surface area (Å²) in [6, 6.07) is 11.4. The predicted octanol–water partition coefficient (Wildman–Crippen LogP) is 4.50. The highest BCUT2D eigenvalue weighted by atomic mass is 35.5. The maximum absolute atomic E-state index is 12.7. The standard InChI is InChI=1S/C18H12Cl2N2O3/c1-10-14(8-11-2-4-12(19)5-3-11)17(23)22(21-10)13-6-7-16(20)15(9-13)18(24)25/h2-9H,1H3,(H,24,25)/b14-8-. The van der Waals surface area contributed by atoms with Crippen LogP contribution in [0.25, 0.3) is 6.08 Å². The Bertz CT molecular complexity index is 934. The Morgan fingerprint density at radius 1 is 1.16 bits per heavy atom. The quantitative estimate of drug-likeness (QED) is 0.804. The lowest BCUT2D eigenvalue weighted by Gasteiger charge is -2.13. The Labute approximate surface area is 153 Å².